The van der Waals surface area contributed by atoms with Crippen molar-refractivity contribution in [3.8, 4) is 0 Å². The normalized spacial score (nSPS) is 23.7. The predicted octanol–water partition coefficient (Wildman–Crippen LogP) is 0.381. The van der Waals surface area contributed by atoms with Gasteiger partial charge in [0.05, 0.1) is 25.7 Å². The van der Waals surface area contributed by atoms with Crippen molar-refractivity contribution < 1.29 is 19.2 Å². The van der Waals surface area contributed by atoms with Crippen LogP contribution in [0.5, 0.6) is 0 Å². The van der Waals surface area contributed by atoms with Crippen LogP contribution in [0.4, 0.5) is 0 Å². The van der Waals surface area contributed by atoms with Gasteiger partial charge in [0.25, 0.3) is 0 Å². The predicted molar refractivity (Wildman–Crippen MR) is 60.7 cm³/mol. The van der Waals surface area contributed by atoms with Gasteiger partial charge in [-0.05, 0) is 13.0 Å². The summed E-state index contributed by atoms with van der Waals surface area (Å²) in [5.41, 5.74) is 0. The maximum atomic E-state index is 11.2. The van der Waals surface area contributed by atoms with Crippen LogP contribution >= 0.6 is 0 Å². The lowest BCUT2D eigenvalue weighted by molar-refractivity contribution is -0.143. The van der Waals surface area contributed by atoms with Crippen LogP contribution in [0.15, 0.2) is 10.9 Å². The highest BCUT2D eigenvalue weighted by atomic mass is 16.5. The first-order valence-electron chi connectivity index (χ1n) is 6.02. The third kappa shape index (κ3) is 2.85. The molecule has 0 spiro atoms. The molecule has 0 bridgehead atoms. The van der Waals surface area contributed by atoms with E-state index in [-0.39, 0.29) is 12.6 Å². The van der Waals surface area contributed by atoms with Gasteiger partial charge in [-0.3, -0.25) is 9.69 Å². The Morgan fingerprint density at radius 3 is 3.06 bits per heavy atom. The van der Waals surface area contributed by atoms with Crippen LogP contribution in [-0.4, -0.2) is 51.9 Å². The first-order valence-corrected chi connectivity index (χ1v) is 6.02. The second-order valence-electron chi connectivity index (χ2n) is 4.37. The SMILES string of the molecule is CCCN(Cc1ncon1)C1COCC1C(=O)O. The topological polar surface area (TPSA) is 88.7 Å². The molecule has 1 aromatic rings. The van der Waals surface area contributed by atoms with Gasteiger partial charge in [0.15, 0.2) is 5.82 Å². The van der Waals surface area contributed by atoms with E-state index in [1.54, 1.807) is 0 Å². The molecular formula is C11H17N3O4. The number of aromatic nitrogens is 2. The summed E-state index contributed by atoms with van der Waals surface area (Å²) in [4.78, 5) is 17.2. The summed E-state index contributed by atoms with van der Waals surface area (Å²) in [5, 5.41) is 12.9. The highest BCUT2D eigenvalue weighted by molar-refractivity contribution is 5.71. The molecule has 2 atom stereocenters. The molecule has 7 nitrogen and oxygen atoms in total. The number of hydrogen-bond acceptors (Lipinski definition) is 6. The quantitative estimate of drug-likeness (QED) is 0.786. The van der Waals surface area contributed by atoms with E-state index < -0.39 is 11.9 Å². The second-order valence-corrected chi connectivity index (χ2v) is 4.37. The van der Waals surface area contributed by atoms with Crippen molar-refractivity contribution in [1.29, 1.82) is 0 Å². The Morgan fingerprint density at radius 1 is 1.61 bits per heavy atom. The van der Waals surface area contributed by atoms with Crippen LogP contribution in [-0.2, 0) is 16.1 Å². The van der Waals surface area contributed by atoms with Crippen LogP contribution in [0.3, 0.4) is 0 Å². The van der Waals surface area contributed by atoms with Gasteiger partial charge in [0.1, 0.15) is 0 Å². The highest BCUT2D eigenvalue weighted by Gasteiger charge is 2.38. The molecule has 2 rings (SSSR count). The molecule has 1 aromatic heterocycles. The minimum absolute atomic E-state index is 0.124. The van der Waals surface area contributed by atoms with E-state index in [4.69, 9.17) is 9.26 Å². The number of carboxylic acid groups (broad SMARTS) is 1. The number of rotatable bonds is 6. The third-order valence-corrected chi connectivity index (χ3v) is 3.10. The molecule has 1 N–H and O–H groups in total. The molecule has 7 heteroatoms. The van der Waals surface area contributed by atoms with E-state index in [1.807, 2.05) is 0 Å². The average molecular weight is 255 g/mol. The number of nitrogens with zero attached hydrogens (tertiary/aromatic N) is 3. The Balaban J connectivity index is 2.06. The van der Waals surface area contributed by atoms with E-state index in [9.17, 15) is 9.90 Å². The van der Waals surface area contributed by atoms with E-state index in [1.165, 1.54) is 6.39 Å². The summed E-state index contributed by atoms with van der Waals surface area (Å²) >= 11 is 0. The smallest absolute Gasteiger partial charge is 0.310 e. The highest BCUT2D eigenvalue weighted by Crippen LogP contribution is 2.21. The molecule has 1 saturated heterocycles. The molecule has 2 unspecified atom stereocenters. The first kappa shape index (κ1) is 13.0. The van der Waals surface area contributed by atoms with Gasteiger partial charge in [-0.2, -0.15) is 4.98 Å². The lowest BCUT2D eigenvalue weighted by atomic mass is 10.0. The van der Waals surface area contributed by atoms with Gasteiger partial charge >= 0.3 is 5.97 Å². The fourth-order valence-corrected chi connectivity index (χ4v) is 2.23. The van der Waals surface area contributed by atoms with Gasteiger partial charge in [0, 0.05) is 6.04 Å². The van der Waals surface area contributed by atoms with E-state index in [0.29, 0.717) is 19.0 Å². The maximum Gasteiger partial charge on any atom is 0.310 e. The van der Waals surface area contributed by atoms with Crippen LogP contribution in [0.1, 0.15) is 19.2 Å². The van der Waals surface area contributed by atoms with E-state index >= 15 is 0 Å². The lowest BCUT2D eigenvalue weighted by Crippen LogP contribution is -2.43. The van der Waals surface area contributed by atoms with Crippen molar-refractivity contribution in [1.82, 2.24) is 15.0 Å². The van der Waals surface area contributed by atoms with Crippen molar-refractivity contribution in [2.45, 2.75) is 25.9 Å². The monoisotopic (exact) mass is 255 g/mol. The Hall–Kier alpha value is -1.47. The molecular weight excluding hydrogens is 238 g/mol. The van der Waals surface area contributed by atoms with Crippen molar-refractivity contribution in [3.05, 3.63) is 12.2 Å². The number of aliphatic carboxylic acids is 1. The molecule has 0 aromatic carbocycles. The lowest BCUT2D eigenvalue weighted by Gasteiger charge is -2.28. The van der Waals surface area contributed by atoms with E-state index in [0.717, 1.165) is 13.0 Å². The van der Waals surface area contributed by atoms with Crippen molar-refractivity contribution >= 4 is 5.97 Å². The third-order valence-electron chi connectivity index (χ3n) is 3.10. The second kappa shape index (κ2) is 5.92. The van der Waals surface area contributed by atoms with Crippen molar-refractivity contribution in [3.63, 3.8) is 0 Å². The summed E-state index contributed by atoms with van der Waals surface area (Å²) in [7, 11) is 0. The minimum Gasteiger partial charge on any atom is -0.481 e. The zero-order valence-corrected chi connectivity index (χ0v) is 10.3. The molecule has 1 aliphatic heterocycles. The van der Waals surface area contributed by atoms with Crippen molar-refractivity contribution in [2.24, 2.45) is 5.92 Å². The fourth-order valence-electron chi connectivity index (χ4n) is 2.23. The Kier molecular flexibility index (Phi) is 4.27. The number of carbonyl (C=O) groups is 1. The molecule has 2 heterocycles. The molecule has 0 amide bonds. The number of ether oxygens (including phenoxy) is 1. The van der Waals surface area contributed by atoms with Gasteiger partial charge in [0.2, 0.25) is 6.39 Å². The van der Waals surface area contributed by atoms with Crippen LogP contribution < -0.4 is 0 Å². The van der Waals surface area contributed by atoms with Gasteiger partial charge in [-0.1, -0.05) is 12.1 Å². The number of carboxylic acids is 1. The molecule has 0 aliphatic carbocycles. The summed E-state index contributed by atoms with van der Waals surface area (Å²) in [6.45, 7) is 4.03. The Morgan fingerprint density at radius 2 is 2.44 bits per heavy atom. The maximum absolute atomic E-state index is 11.2. The zero-order valence-electron chi connectivity index (χ0n) is 10.3. The fraction of sp³-hybridized carbons (Fsp3) is 0.727. The van der Waals surface area contributed by atoms with Crippen LogP contribution in [0.2, 0.25) is 0 Å². The molecule has 0 radical (unpaired) electrons. The summed E-state index contributed by atoms with van der Waals surface area (Å²) in [5.74, 6) is -0.727. The number of hydrogen-bond donors (Lipinski definition) is 1. The summed E-state index contributed by atoms with van der Waals surface area (Å²) < 4.78 is 9.99. The molecule has 1 aliphatic rings. The molecule has 1 fully saturated rings. The zero-order chi connectivity index (χ0) is 13.0. The Labute approximate surface area is 105 Å². The van der Waals surface area contributed by atoms with E-state index in [2.05, 4.69) is 22.0 Å². The standard InChI is InChI=1S/C11H17N3O4/c1-2-3-14(4-10-12-7-18-13-10)9-6-17-5-8(9)11(15)16/h7-9H,2-6H2,1H3,(H,15,16). The summed E-state index contributed by atoms with van der Waals surface area (Å²) in [6.07, 6.45) is 2.21. The molecule has 18 heavy (non-hydrogen) atoms. The van der Waals surface area contributed by atoms with Crippen LogP contribution in [0.25, 0.3) is 0 Å². The summed E-state index contributed by atoms with van der Waals surface area (Å²) in [6, 6.07) is -0.124. The van der Waals surface area contributed by atoms with Gasteiger partial charge in [-0.15, -0.1) is 0 Å². The average Bonchev–Trinajstić information content (AvgIpc) is 2.99. The molecule has 0 saturated carbocycles. The Bertz CT molecular complexity index is 382. The van der Waals surface area contributed by atoms with Crippen LogP contribution in [0, 0.1) is 5.92 Å². The molecule has 100 valence electrons. The minimum atomic E-state index is -0.813. The van der Waals surface area contributed by atoms with Gasteiger partial charge in [-0.25, -0.2) is 0 Å². The van der Waals surface area contributed by atoms with Crippen molar-refractivity contribution in [2.75, 3.05) is 19.8 Å². The van der Waals surface area contributed by atoms with Gasteiger partial charge < -0.3 is 14.4 Å². The first-order chi connectivity index (χ1) is 8.72. The largest absolute Gasteiger partial charge is 0.481 e.